The summed E-state index contributed by atoms with van der Waals surface area (Å²) in [5.41, 5.74) is 3.86. The smallest absolute Gasteiger partial charge is 0.330 e. The molecule has 132 valence electrons. The molecule has 11 heteroatoms. The van der Waals surface area contributed by atoms with Crippen LogP contribution in [0.1, 0.15) is 12.5 Å². The number of alkyl halides is 3. The van der Waals surface area contributed by atoms with Gasteiger partial charge in [-0.2, -0.15) is 13.2 Å². The van der Waals surface area contributed by atoms with Crippen molar-refractivity contribution in [2.24, 2.45) is 11.7 Å². The number of carbonyl (C=O) groups is 1. The Kier molecular flexibility index (Phi) is 7.32. The van der Waals surface area contributed by atoms with Gasteiger partial charge in [0, 0.05) is 12.5 Å². The van der Waals surface area contributed by atoms with E-state index in [1.165, 1.54) is 6.92 Å². The lowest BCUT2D eigenvalue weighted by molar-refractivity contribution is -0.137. The van der Waals surface area contributed by atoms with Crippen LogP contribution in [0.2, 0.25) is 0 Å². The monoisotopic (exact) mass is 375 g/mol. The molecule has 1 atom stereocenters. The van der Waals surface area contributed by atoms with Crippen LogP contribution in [-0.4, -0.2) is 27.1 Å². The van der Waals surface area contributed by atoms with Crippen molar-refractivity contribution in [3.63, 3.8) is 0 Å². The van der Waals surface area contributed by atoms with Gasteiger partial charge in [-0.15, -0.1) is 12.4 Å². The zero-order valence-electron chi connectivity index (χ0n) is 12.3. The topological polar surface area (TPSA) is 101 Å². The van der Waals surface area contributed by atoms with Crippen LogP contribution >= 0.6 is 12.4 Å². The summed E-state index contributed by atoms with van der Waals surface area (Å²) < 4.78 is 62.7. The van der Waals surface area contributed by atoms with E-state index in [4.69, 9.17) is 5.73 Å². The summed E-state index contributed by atoms with van der Waals surface area (Å²) in [7, 11) is -3.72. The van der Waals surface area contributed by atoms with Crippen LogP contribution in [0.3, 0.4) is 0 Å². The SMILES string of the molecule is CC(CN)C(=O)Nc1cc(C(F)(F)F)ccc1NS(C)(=O)=O.Cl. The van der Waals surface area contributed by atoms with Crippen LogP contribution in [0.15, 0.2) is 18.2 Å². The molecule has 4 N–H and O–H groups in total. The molecule has 1 aromatic rings. The molecule has 0 radical (unpaired) electrons. The number of rotatable bonds is 5. The molecule has 6 nitrogen and oxygen atoms in total. The molecule has 0 aromatic heterocycles. The predicted octanol–water partition coefficient (Wildman–Crippen LogP) is 2.03. The number of amides is 1. The summed E-state index contributed by atoms with van der Waals surface area (Å²) in [6.45, 7) is 1.49. The molecule has 1 amide bonds. The van der Waals surface area contributed by atoms with Crippen molar-refractivity contribution in [3.05, 3.63) is 23.8 Å². The fourth-order valence-corrected chi connectivity index (χ4v) is 2.05. The van der Waals surface area contributed by atoms with E-state index in [1.54, 1.807) is 0 Å². The highest BCUT2D eigenvalue weighted by Gasteiger charge is 2.31. The zero-order chi connectivity index (χ0) is 17.1. The van der Waals surface area contributed by atoms with E-state index in [2.05, 4.69) is 5.32 Å². The Balaban J connectivity index is 0.00000484. The van der Waals surface area contributed by atoms with E-state index in [0.29, 0.717) is 6.07 Å². The van der Waals surface area contributed by atoms with Gasteiger partial charge in [-0.1, -0.05) is 6.92 Å². The molecule has 1 aromatic carbocycles. The van der Waals surface area contributed by atoms with E-state index in [0.717, 1.165) is 18.4 Å². The van der Waals surface area contributed by atoms with Crippen molar-refractivity contribution >= 4 is 39.7 Å². The number of carbonyl (C=O) groups excluding carboxylic acids is 1. The van der Waals surface area contributed by atoms with Gasteiger partial charge in [0.05, 0.1) is 23.2 Å². The Bertz CT molecular complexity index is 665. The van der Waals surface area contributed by atoms with Gasteiger partial charge in [-0.25, -0.2) is 8.42 Å². The van der Waals surface area contributed by atoms with Gasteiger partial charge < -0.3 is 11.1 Å². The second-order valence-electron chi connectivity index (χ2n) is 4.76. The maximum atomic E-state index is 12.7. The predicted molar refractivity (Wildman–Crippen MR) is 84.0 cm³/mol. The Morgan fingerprint density at radius 3 is 2.30 bits per heavy atom. The Hall–Kier alpha value is -1.52. The van der Waals surface area contributed by atoms with Crippen LogP contribution in [0.5, 0.6) is 0 Å². The van der Waals surface area contributed by atoms with E-state index in [9.17, 15) is 26.4 Å². The number of nitrogens with two attached hydrogens (primary N) is 1. The number of halogens is 4. The summed E-state index contributed by atoms with van der Waals surface area (Å²) in [5.74, 6) is -1.25. The average Bonchev–Trinajstić information content (AvgIpc) is 2.36. The van der Waals surface area contributed by atoms with Gasteiger partial charge in [-0.05, 0) is 18.2 Å². The van der Waals surface area contributed by atoms with Crippen LogP contribution < -0.4 is 15.8 Å². The standard InChI is InChI=1S/C12H16F3N3O3S.ClH/c1-7(6-16)11(19)17-10-5-8(12(13,14)15)3-4-9(10)18-22(2,20)21;/h3-5,7,18H,6,16H2,1-2H3,(H,17,19);1H. The Morgan fingerprint density at radius 2 is 1.87 bits per heavy atom. The normalized spacial score (nSPS) is 13.0. The van der Waals surface area contributed by atoms with Gasteiger partial charge in [-0.3, -0.25) is 9.52 Å². The molecular formula is C12H17ClF3N3O3S. The lowest BCUT2D eigenvalue weighted by Crippen LogP contribution is -2.27. The average molecular weight is 376 g/mol. The number of benzene rings is 1. The molecule has 0 aliphatic rings. The molecule has 0 fully saturated rings. The van der Waals surface area contributed by atoms with Crippen molar-refractivity contribution in [1.82, 2.24) is 0 Å². The van der Waals surface area contributed by atoms with Gasteiger partial charge >= 0.3 is 6.18 Å². The van der Waals surface area contributed by atoms with Gasteiger partial charge in [0.1, 0.15) is 0 Å². The fraction of sp³-hybridized carbons (Fsp3) is 0.417. The maximum Gasteiger partial charge on any atom is 0.416 e. The molecule has 0 aliphatic carbocycles. The highest BCUT2D eigenvalue weighted by atomic mass is 35.5. The fourth-order valence-electron chi connectivity index (χ4n) is 1.48. The van der Waals surface area contributed by atoms with Crippen molar-refractivity contribution in [2.45, 2.75) is 13.1 Å². The molecule has 23 heavy (non-hydrogen) atoms. The van der Waals surface area contributed by atoms with Crippen molar-refractivity contribution in [2.75, 3.05) is 22.8 Å². The van der Waals surface area contributed by atoms with Crippen molar-refractivity contribution in [3.8, 4) is 0 Å². The van der Waals surface area contributed by atoms with Crippen LogP contribution in [0.25, 0.3) is 0 Å². The third kappa shape index (κ3) is 6.63. The molecule has 0 aliphatic heterocycles. The molecule has 0 spiro atoms. The summed E-state index contributed by atoms with van der Waals surface area (Å²) in [6.07, 6.45) is -3.78. The summed E-state index contributed by atoms with van der Waals surface area (Å²) >= 11 is 0. The number of nitrogens with one attached hydrogen (secondary N) is 2. The number of anilines is 2. The number of hydrogen-bond donors (Lipinski definition) is 3. The molecule has 1 unspecified atom stereocenters. The van der Waals surface area contributed by atoms with Crippen LogP contribution in [0.4, 0.5) is 24.5 Å². The highest BCUT2D eigenvalue weighted by molar-refractivity contribution is 7.92. The highest BCUT2D eigenvalue weighted by Crippen LogP contribution is 2.34. The minimum Gasteiger partial charge on any atom is -0.330 e. The molecule has 0 saturated carbocycles. The third-order valence-electron chi connectivity index (χ3n) is 2.70. The maximum absolute atomic E-state index is 12.7. The van der Waals surface area contributed by atoms with E-state index >= 15 is 0 Å². The molecule has 0 saturated heterocycles. The second kappa shape index (κ2) is 7.84. The summed E-state index contributed by atoms with van der Waals surface area (Å²) in [4.78, 5) is 11.8. The Labute approximate surface area is 138 Å². The molecular weight excluding hydrogens is 359 g/mol. The molecule has 0 bridgehead atoms. The minimum atomic E-state index is -4.62. The summed E-state index contributed by atoms with van der Waals surface area (Å²) in [6, 6.07) is 2.32. The van der Waals surface area contributed by atoms with E-state index in [1.807, 2.05) is 4.72 Å². The lowest BCUT2D eigenvalue weighted by Gasteiger charge is -2.16. The van der Waals surface area contributed by atoms with Gasteiger partial charge in [0.2, 0.25) is 15.9 Å². The third-order valence-corrected chi connectivity index (χ3v) is 3.29. The largest absolute Gasteiger partial charge is 0.416 e. The number of hydrogen-bond acceptors (Lipinski definition) is 4. The Morgan fingerprint density at radius 1 is 1.30 bits per heavy atom. The van der Waals surface area contributed by atoms with Gasteiger partial charge in [0.15, 0.2) is 0 Å². The van der Waals surface area contributed by atoms with Crippen LogP contribution in [0, 0.1) is 5.92 Å². The van der Waals surface area contributed by atoms with Gasteiger partial charge in [0.25, 0.3) is 0 Å². The first-order valence-electron chi connectivity index (χ1n) is 6.14. The lowest BCUT2D eigenvalue weighted by atomic mass is 10.1. The minimum absolute atomic E-state index is 0. The molecule has 0 heterocycles. The van der Waals surface area contributed by atoms with Crippen LogP contribution in [-0.2, 0) is 21.0 Å². The summed E-state index contributed by atoms with van der Waals surface area (Å²) in [5, 5.41) is 2.25. The molecule has 1 rings (SSSR count). The van der Waals surface area contributed by atoms with E-state index < -0.39 is 33.6 Å². The number of sulfonamides is 1. The second-order valence-corrected chi connectivity index (χ2v) is 6.51. The zero-order valence-corrected chi connectivity index (χ0v) is 13.9. The van der Waals surface area contributed by atoms with Crippen molar-refractivity contribution in [1.29, 1.82) is 0 Å². The van der Waals surface area contributed by atoms with Crippen molar-refractivity contribution < 1.29 is 26.4 Å². The first kappa shape index (κ1) is 21.5. The van der Waals surface area contributed by atoms with E-state index in [-0.39, 0.29) is 30.3 Å². The quantitative estimate of drug-likeness (QED) is 0.732. The first-order chi connectivity index (χ1) is 9.94. The first-order valence-corrected chi connectivity index (χ1v) is 8.03.